The molecule has 2 amide bonds. The Bertz CT molecular complexity index is 679. The smallest absolute Gasteiger partial charge is 0.339 e. The van der Waals surface area contributed by atoms with E-state index in [1.165, 1.54) is 0 Å². The first-order valence-electron chi connectivity index (χ1n) is 7.22. The van der Waals surface area contributed by atoms with Gasteiger partial charge in [-0.3, -0.25) is 0 Å². The van der Waals surface area contributed by atoms with Crippen molar-refractivity contribution in [3.63, 3.8) is 0 Å². The van der Waals surface area contributed by atoms with Crippen LogP contribution in [0.25, 0.3) is 0 Å². The molecular weight excluding hydrogens is 294 g/mol. The molecule has 2 aromatic rings. The van der Waals surface area contributed by atoms with E-state index in [9.17, 15) is 9.90 Å². The summed E-state index contributed by atoms with van der Waals surface area (Å²) in [5, 5.41) is 15.9. The number of carbonyl (C=O) groups is 1. The van der Waals surface area contributed by atoms with Gasteiger partial charge in [0.25, 0.3) is 0 Å². The molecule has 0 aliphatic carbocycles. The Morgan fingerprint density at radius 3 is 2.39 bits per heavy atom. The number of nitrogens with zero attached hydrogens (tertiary/aromatic N) is 1. The van der Waals surface area contributed by atoms with Crippen LogP contribution in [0.1, 0.15) is 19.4 Å². The zero-order chi connectivity index (χ0) is 16.7. The summed E-state index contributed by atoms with van der Waals surface area (Å²) in [6.07, 6.45) is 0. The molecule has 0 saturated heterocycles. The van der Waals surface area contributed by atoms with Gasteiger partial charge in [0.2, 0.25) is 0 Å². The van der Waals surface area contributed by atoms with E-state index in [0.29, 0.717) is 18.0 Å². The van der Waals surface area contributed by atoms with Crippen molar-refractivity contribution in [3.05, 3.63) is 54.1 Å². The van der Waals surface area contributed by atoms with Gasteiger partial charge in [-0.2, -0.15) is 5.10 Å². The molecule has 0 radical (unpaired) electrons. The van der Waals surface area contributed by atoms with E-state index in [1.807, 2.05) is 6.92 Å². The Morgan fingerprint density at radius 1 is 1.13 bits per heavy atom. The molecule has 0 spiro atoms. The van der Waals surface area contributed by atoms with Crippen molar-refractivity contribution in [2.75, 3.05) is 11.9 Å². The van der Waals surface area contributed by atoms with Crippen molar-refractivity contribution in [1.29, 1.82) is 0 Å². The van der Waals surface area contributed by atoms with Crippen molar-refractivity contribution < 1.29 is 14.6 Å². The third-order valence-electron chi connectivity index (χ3n) is 3.03. The van der Waals surface area contributed by atoms with Crippen LogP contribution in [0.3, 0.4) is 0 Å². The normalized spacial score (nSPS) is 11.0. The van der Waals surface area contributed by atoms with E-state index in [0.717, 1.165) is 11.3 Å². The number of hydrogen-bond acceptors (Lipinski definition) is 4. The van der Waals surface area contributed by atoms with Gasteiger partial charge in [0.05, 0.1) is 12.3 Å². The van der Waals surface area contributed by atoms with Gasteiger partial charge in [-0.05, 0) is 67.9 Å². The molecule has 3 N–H and O–H groups in total. The van der Waals surface area contributed by atoms with Crippen molar-refractivity contribution in [2.45, 2.75) is 13.8 Å². The lowest BCUT2D eigenvalue weighted by Gasteiger charge is -2.07. The molecule has 0 saturated carbocycles. The number of hydrogen-bond donors (Lipinski definition) is 3. The highest BCUT2D eigenvalue weighted by molar-refractivity contribution is 6.00. The zero-order valence-corrected chi connectivity index (χ0v) is 13.0. The number of benzene rings is 2. The molecule has 0 unspecified atom stereocenters. The minimum atomic E-state index is -0.438. The molecule has 6 heteroatoms. The van der Waals surface area contributed by atoms with Crippen LogP contribution in [0.2, 0.25) is 0 Å². The average molecular weight is 313 g/mol. The summed E-state index contributed by atoms with van der Waals surface area (Å²) in [6, 6.07) is 13.2. The summed E-state index contributed by atoms with van der Waals surface area (Å²) < 4.78 is 5.33. The van der Waals surface area contributed by atoms with E-state index in [2.05, 4.69) is 15.8 Å². The first-order chi connectivity index (χ1) is 11.1. The molecule has 2 rings (SSSR count). The number of phenolic OH excluding ortho intramolecular Hbond substituents is 1. The highest BCUT2D eigenvalue weighted by Crippen LogP contribution is 2.15. The van der Waals surface area contributed by atoms with Gasteiger partial charge in [0, 0.05) is 5.69 Å². The van der Waals surface area contributed by atoms with Crippen molar-refractivity contribution in [3.8, 4) is 11.5 Å². The summed E-state index contributed by atoms with van der Waals surface area (Å²) in [4.78, 5) is 11.8. The molecule has 23 heavy (non-hydrogen) atoms. The third-order valence-corrected chi connectivity index (χ3v) is 3.03. The molecular formula is C17H19N3O3. The van der Waals surface area contributed by atoms with Crippen LogP contribution in [0.5, 0.6) is 11.5 Å². The third kappa shape index (κ3) is 5.03. The molecule has 0 aliphatic heterocycles. The number of carbonyl (C=O) groups excluding carboxylic acids is 1. The SMILES string of the molecule is CCOc1ccc(NC(=O)N/N=C(\C)c2ccc(O)cc2)cc1. The number of nitrogens with one attached hydrogen (secondary N) is 2. The maximum absolute atomic E-state index is 11.8. The van der Waals surface area contributed by atoms with Crippen LogP contribution in [0.15, 0.2) is 53.6 Å². The number of anilines is 1. The zero-order valence-electron chi connectivity index (χ0n) is 13.0. The van der Waals surface area contributed by atoms with Crippen LogP contribution >= 0.6 is 0 Å². The highest BCUT2D eigenvalue weighted by Gasteiger charge is 2.02. The minimum Gasteiger partial charge on any atom is -0.508 e. The van der Waals surface area contributed by atoms with E-state index in [1.54, 1.807) is 55.5 Å². The van der Waals surface area contributed by atoms with Gasteiger partial charge >= 0.3 is 6.03 Å². The summed E-state index contributed by atoms with van der Waals surface area (Å²) in [5.41, 5.74) is 4.51. The quantitative estimate of drug-likeness (QED) is 0.585. The van der Waals surface area contributed by atoms with Gasteiger partial charge in [0.15, 0.2) is 0 Å². The molecule has 0 fully saturated rings. The van der Waals surface area contributed by atoms with Crippen LogP contribution in [0, 0.1) is 0 Å². The second-order valence-electron chi connectivity index (χ2n) is 4.77. The van der Waals surface area contributed by atoms with Crippen molar-refractivity contribution >= 4 is 17.4 Å². The fraction of sp³-hybridized carbons (Fsp3) is 0.176. The summed E-state index contributed by atoms with van der Waals surface area (Å²) in [7, 11) is 0. The molecule has 0 heterocycles. The lowest BCUT2D eigenvalue weighted by atomic mass is 10.1. The largest absolute Gasteiger partial charge is 0.508 e. The minimum absolute atomic E-state index is 0.183. The van der Waals surface area contributed by atoms with E-state index < -0.39 is 6.03 Å². The predicted molar refractivity (Wildman–Crippen MR) is 90.1 cm³/mol. The number of urea groups is 1. The fourth-order valence-electron chi connectivity index (χ4n) is 1.86. The van der Waals surface area contributed by atoms with Gasteiger partial charge in [-0.15, -0.1) is 0 Å². The lowest BCUT2D eigenvalue weighted by Crippen LogP contribution is -2.25. The molecule has 0 atom stereocenters. The van der Waals surface area contributed by atoms with E-state index in [4.69, 9.17) is 4.74 Å². The van der Waals surface area contributed by atoms with Gasteiger partial charge in [-0.25, -0.2) is 10.2 Å². The number of rotatable bonds is 5. The Labute approximate surface area is 134 Å². The molecule has 2 aromatic carbocycles. The van der Waals surface area contributed by atoms with Gasteiger partial charge in [-0.1, -0.05) is 0 Å². The van der Waals surface area contributed by atoms with E-state index >= 15 is 0 Å². The number of amides is 2. The molecule has 120 valence electrons. The van der Waals surface area contributed by atoms with Crippen LogP contribution in [-0.4, -0.2) is 23.5 Å². The maximum atomic E-state index is 11.8. The number of phenols is 1. The topological polar surface area (TPSA) is 83.0 Å². The van der Waals surface area contributed by atoms with Gasteiger partial charge in [0.1, 0.15) is 11.5 Å². The fourth-order valence-corrected chi connectivity index (χ4v) is 1.86. The molecule has 6 nitrogen and oxygen atoms in total. The summed E-state index contributed by atoms with van der Waals surface area (Å²) in [6.45, 7) is 4.27. The maximum Gasteiger partial charge on any atom is 0.339 e. The average Bonchev–Trinajstić information content (AvgIpc) is 2.55. The van der Waals surface area contributed by atoms with Crippen molar-refractivity contribution in [2.24, 2.45) is 5.10 Å². The van der Waals surface area contributed by atoms with Crippen molar-refractivity contribution in [1.82, 2.24) is 5.43 Å². The lowest BCUT2D eigenvalue weighted by molar-refractivity contribution is 0.252. The second-order valence-corrected chi connectivity index (χ2v) is 4.77. The Balaban J connectivity index is 1.91. The Hall–Kier alpha value is -3.02. The Morgan fingerprint density at radius 2 is 1.78 bits per heavy atom. The standard InChI is InChI=1S/C17H19N3O3/c1-3-23-16-10-6-14(7-11-16)18-17(22)20-19-12(2)13-4-8-15(21)9-5-13/h4-11,21H,3H2,1-2H3,(H2,18,20,22)/b19-12+. The number of ether oxygens (including phenoxy) is 1. The van der Waals surface area contributed by atoms with E-state index in [-0.39, 0.29) is 5.75 Å². The predicted octanol–water partition coefficient (Wildman–Crippen LogP) is 3.34. The first kappa shape index (κ1) is 16.4. The number of aromatic hydroxyl groups is 1. The summed E-state index contributed by atoms with van der Waals surface area (Å²) in [5.74, 6) is 0.933. The van der Waals surface area contributed by atoms with Gasteiger partial charge < -0.3 is 15.2 Å². The monoisotopic (exact) mass is 313 g/mol. The highest BCUT2D eigenvalue weighted by atomic mass is 16.5. The second kappa shape index (κ2) is 7.84. The molecule has 0 aromatic heterocycles. The summed E-state index contributed by atoms with van der Waals surface area (Å²) >= 11 is 0. The first-order valence-corrected chi connectivity index (χ1v) is 7.22. The molecule has 0 bridgehead atoms. The van der Waals surface area contributed by atoms with Crippen LogP contribution in [0.4, 0.5) is 10.5 Å². The van der Waals surface area contributed by atoms with Crippen LogP contribution < -0.4 is 15.5 Å². The van der Waals surface area contributed by atoms with Crippen LogP contribution in [-0.2, 0) is 0 Å². The Kier molecular flexibility index (Phi) is 5.57. The number of hydrazone groups is 1. The molecule has 0 aliphatic rings.